The number of fused-ring (bicyclic) bond motifs is 1. The van der Waals surface area contributed by atoms with Crippen LogP contribution in [0.15, 0.2) is 12.1 Å². The van der Waals surface area contributed by atoms with Gasteiger partial charge in [0.1, 0.15) is 5.75 Å². The van der Waals surface area contributed by atoms with E-state index in [4.69, 9.17) is 19.3 Å². The lowest BCUT2D eigenvalue weighted by atomic mass is 10.1. The standard InChI is InChI=1S/C10H12O4/c1-12-8-5-10-9(13-6-14-10)4-7(8)2-3-11/h4-5,11H,2-3,6H2,1H3. The maximum absolute atomic E-state index is 8.86. The third-order valence-corrected chi connectivity index (χ3v) is 2.16. The molecule has 1 aromatic rings. The first-order valence-electron chi connectivity index (χ1n) is 4.42. The van der Waals surface area contributed by atoms with E-state index >= 15 is 0 Å². The molecule has 1 aliphatic heterocycles. The Kier molecular flexibility index (Phi) is 2.45. The van der Waals surface area contributed by atoms with Crippen molar-refractivity contribution in [3.05, 3.63) is 17.7 Å². The number of aliphatic hydroxyl groups is 1. The summed E-state index contributed by atoms with van der Waals surface area (Å²) < 4.78 is 15.6. The van der Waals surface area contributed by atoms with Gasteiger partial charge in [-0.3, -0.25) is 0 Å². The first kappa shape index (κ1) is 9.15. The Morgan fingerprint density at radius 3 is 2.71 bits per heavy atom. The molecule has 0 aliphatic carbocycles. The van der Waals surface area contributed by atoms with E-state index in [1.165, 1.54) is 0 Å². The topological polar surface area (TPSA) is 47.9 Å². The molecule has 1 heterocycles. The van der Waals surface area contributed by atoms with Gasteiger partial charge >= 0.3 is 0 Å². The molecular formula is C10H12O4. The normalized spacial score (nSPS) is 13.0. The number of aliphatic hydroxyl groups excluding tert-OH is 1. The Morgan fingerprint density at radius 2 is 2.07 bits per heavy atom. The molecule has 0 aromatic heterocycles. The summed E-state index contributed by atoms with van der Waals surface area (Å²) >= 11 is 0. The molecular weight excluding hydrogens is 184 g/mol. The maximum Gasteiger partial charge on any atom is 0.231 e. The second-order valence-corrected chi connectivity index (χ2v) is 2.99. The number of benzene rings is 1. The summed E-state index contributed by atoms with van der Waals surface area (Å²) in [6, 6.07) is 3.63. The van der Waals surface area contributed by atoms with Crippen molar-refractivity contribution in [3.63, 3.8) is 0 Å². The molecule has 4 nitrogen and oxygen atoms in total. The van der Waals surface area contributed by atoms with Gasteiger partial charge in [0.2, 0.25) is 6.79 Å². The van der Waals surface area contributed by atoms with E-state index in [0.29, 0.717) is 17.9 Å². The van der Waals surface area contributed by atoms with Crippen molar-refractivity contribution in [3.8, 4) is 17.2 Å². The van der Waals surface area contributed by atoms with Crippen molar-refractivity contribution in [2.45, 2.75) is 6.42 Å². The van der Waals surface area contributed by atoms with Crippen molar-refractivity contribution in [2.75, 3.05) is 20.5 Å². The number of hydrogen-bond donors (Lipinski definition) is 1. The van der Waals surface area contributed by atoms with E-state index in [-0.39, 0.29) is 13.4 Å². The zero-order chi connectivity index (χ0) is 9.97. The molecule has 76 valence electrons. The highest BCUT2D eigenvalue weighted by atomic mass is 16.7. The summed E-state index contributed by atoms with van der Waals surface area (Å²) in [6.07, 6.45) is 0.555. The predicted molar refractivity (Wildman–Crippen MR) is 49.9 cm³/mol. The summed E-state index contributed by atoms with van der Waals surface area (Å²) in [6.45, 7) is 0.344. The van der Waals surface area contributed by atoms with E-state index in [0.717, 1.165) is 11.3 Å². The fraction of sp³-hybridized carbons (Fsp3) is 0.400. The maximum atomic E-state index is 8.86. The highest BCUT2D eigenvalue weighted by molar-refractivity contribution is 5.51. The van der Waals surface area contributed by atoms with Crippen molar-refractivity contribution < 1.29 is 19.3 Å². The Bertz CT molecular complexity index is 335. The fourth-order valence-corrected chi connectivity index (χ4v) is 1.47. The molecule has 0 radical (unpaired) electrons. The molecule has 0 spiro atoms. The van der Waals surface area contributed by atoms with Crippen LogP contribution in [-0.2, 0) is 6.42 Å². The summed E-state index contributed by atoms with van der Waals surface area (Å²) in [7, 11) is 1.60. The molecule has 0 amide bonds. The van der Waals surface area contributed by atoms with Crippen LogP contribution in [0.25, 0.3) is 0 Å². The minimum absolute atomic E-state index is 0.0933. The second-order valence-electron chi connectivity index (χ2n) is 2.99. The largest absolute Gasteiger partial charge is 0.496 e. The highest BCUT2D eigenvalue weighted by Gasteiger charge is 2.17. The van der Waals surface area contributed by atoms with Gasteiger partial charge in [-0.1, -0.05) is 0 Å². The third kappa shape index (κ3) is 1.48. The average molecular weight is 196 g/mol. The first-order chi connectivity index (χ1) is 6.85. The number of hydrogen-bond acceptors (Lipinski definition) is 4. The number of ether oxygens (including phenoxy) is 3. The number of rotatable bonds is 3. The van der Waals surface area contributed by atoms with Gasteiger partial charge < -0.3 is 19.3 Å². The second kappa shape index (κ2) is 3.75. The van der Waals surface area contributed by atoms with Gasteiger partial charge in [0, 0.05) is 18.2 Å². The van der Waals surface area contributed by atoms with Gasteiger partial charge in [-0.2, -0.15) is 0 Å². The van der Waals surface area contributed by atoms with Crippen LogP contribution in [0.1, 0.15) is 5.56 Å². The highest BCUT2D eigenvalue weighted by Crippen LogP contribution is 2.38. The molecule has 0 fully saturated rings. The van der Waals surface area contributed by atoms with Crippen LogP contribution in [0.4, 0.5) is 0 Å². The molecule has 4 heteroatoms. The van der Waals surface area contributed by atoms with Gasteiger partial charge in [0.05, 0.1) is 7.11 Å². The van der Waals surface area contributed by atoms with E-state index in [1.54, 1.807) is 13.2 Å². The summed E-state index contributed by atoms with van der Waals surface area (Å²) in [4.78, 5) is 0. The van der Waals surface area contributed by atoms with Crippen molar-refractivity contribution in [1.29, 1.82) is 0 Å². The molecule has 14 heavy (non-hydrogen) atoms. The molecule has 0 unspecified atom stereocenters. The van der Waals surface area contributed by atoms with E-state index in [9.17, 15) is 0 Å². The van der Waals surface area contributed by atoms with Crippen LogP contribution in [0.2, 0.25) is 0 Å². The van der Waals surface area contributed by atoms with Gasteiger partial charge in [-0.25, -0.2) is 0 Å². The summed E-state index contributed by atoms with van der Waals surface area (Å²) in [5.41, 5.74) is 0.930. The van der Waals surface area contributed by atoms with Crippen LogP contribution in [0.5, 0.6) is 17.2 Å². The monoisotopic (exact) mass is 196 g/mol. The Hall–Kier alpha value is -1.42. The Morgan fingerprint density at radius 1 is 1.36 bits per heavy atom. The Labute approximate surface area is 82.0 Å². The van der Waals surface area contributed by atoms with Crippen LogP contribution in [0, 0.1) is 0 Å². The summed E-state index contributed by atoms with van der Waals surface area (Å²) in [5, 5.41) is 8.86. The zero-order valence-electron chi connectivity index (χ0n) is 7.95. The van der Waals surface area contributed by atoms with E-state index in [2.05, 4.69) is 0 Å². The lowest BCUT2D eigenvalue weighted by Gasteiger charge is -2.08. The Balaban J connectivity index is 2.38. The molecule has 1 N–H and O–H groups in total. The molecule has 2 rings (SSSR count). The minimum atomic E-state index is 0.0933. The quantitative estimate of drug-likeness (QED) is 0.782. The number of methoxy groups -OCH3 is 1. The molecule has 1 aliphatic rings. The van der Waals surface area contributed by atoms with Gasteiger partial charge in [0.15, 0.2) is 11.5 Å². The van der Waals surface area contributed by atoms with Crippen molar-refractivity contribution in [1.82, 2.24) is 0 Å². The predicted octanol–water partition coefficient (Wildman–Crippen LogP) is 0.959. The van der Waals surface area contributed by atoms with Gasteiger partial charge in [-0.05, 0) is 12.5 Å². The molecule has 0 saturated carbocycles. The van der Waals surface area contributed by atoms with Crippen LogP contribution < -0.4 is 14.2 Å². The fourth-order valence-electron chi connectivity index (χ4n) is 1.47. The minimum Gasteiger partial charge on any atom is -0.496 e. The molecule has 0 atom stereocenters. The molecule has 0 bridgehead atoms. The molecule has 1 aromatic carbocycles. The van der Waals surface area contributed by atoms with Crippen LogP contribution in [-0.4, -0.2) is 25.6 Å². The van der Waals surface area contributed by atoms with E-state index < -0.39 is 0 Å². The third-order valence-electron chi connectivity index (χ3n) is 2.16. The van der Waals surface area contributed by atoms with Crippen molar-refractivity contribution >= 4 is 0 Å². The first-order valence-corrected chi connectivity index (χ1v) is 4.42. The van der Waals surface area contributed by atoms with Gasteiger partial charge in [-0.15, -0.1) is 0 Å². The smallest absolute Gasteiger partial charge is 0.231 e. The summed E-state index contributed by atoms with van der Waals surface area (Å²) in [5.74, 6) is 2.14. The van der Waals surface area contributed by atoms with E-state index in [1.807, 2.05) is 6.07 Å². The average Bonchev–Trinajstić information content (AvgIpc) is 2.64. The lowest BCUT2D eigenvalue weighted by molar-refractivity contribution is 0.174. The van der Waals surface area contributed by atoms with Crippen LogP contribution in [0.3, 0.4) is 0 Å². The van der Waals surface area contributed by atoms with Gasteiger partial charge in [0.25, 0.3) is 0 Å². The SMILES string of the molecule is COc1cc2c(cc1CCO)OCO2. The lowest BCUT2D eigenvalue weighted by Crippen LogP contribution is -1.95. The van der Waals surface area contributed by atoms with Crippen LogP contribution >= 0.6 is 0 Å². The zero-order valence-corrected chi connectivity index (χ0v) is 7.95. The molecule has 0 saturated heterocycles. The van der Waals surface area contributed by atoms with Crippen molar-refractivity contribution in [2.24, 2.45) is 0 Å².